The molecule has 6 heteroatoms. The van der Waals surface area contributed by atoms with Crippen molar-refractivity contribution in [3.8, 4) is 0 Å². The Morgan fingerprint density at radius 1 is 1.53 bits per heavy atom. The first kappa shape index (κ1) is 11.6. The monoisotopic (exact) mass is 252 g/mol. The Bertz CT molecular complexity index is 604. The molecule has 0 aliphatic carbocycles. The lowest BCUT2D eigenvalue weighted by atomic mass is 10.1. The van der Waals surface area contributed by atoms with Crippen molar-refractivity contribution < 1.29 is 9.72 Å². The van der Waals surface area contributed by atoms with Crippen molar-refractivity contribution in [3.05, 3.63) is 40.1 Å². The highest BCUT2D eigenvalue weighted by Crippen LogP contribution is 2.29. The van der Waals surface area contributed by atoms with Gasteiger partial charge in [-0.15, -0.1) is 11.6 Å². The maximum absolute atomic E-state index is 11.8. The molecule has 1 unspecified atom stereocenters. The third-order valence-corrected chi connectivity index (χ3v) is 2.71. The van der Waals surface area contributed by atoms with E-state index in [0.717, 1.165) is 0 Å². The largest absolute Gasteiger partial charge is 0.360 e. The fourth-order valence-corrected chi connectivity index (χ4v) is 1.84. The summed E-state index contributed by atoms with van der Waals surface area (Å²) in [6.45, 7) is 1.54. The van der Waals surface area contributed by atoms with E-state index in [1.54, 1.807) is 12.1 Å². The Morgan fingerprint density at radius 3 is 2.82 bits per heavy atom. The first-order valence-electron chi connectivity index (χ1n) is 4.95. The topological polar surface area (TPSA) is 76.0 Å². The Balaban J connectivity index is 2.74. The van der Waals surface area contributed by atoms with Crippen LogP contribution in [0.3, 0.4) is 0 Å². The van der Waals surface area contributed by atoms with Crippen LogP contribution < -0.4 is 0 Å². The van der Waals surface area contributed by atoms with Crippen molar-refractivity contribution in [2.45, 2.75) is 12.3 Å². The first-order chi connectivity index (χ1) is 8.02. The highest BCUT2D eigenvalue weighted by molar-refractivity contribution is 6.35. The minimum atomic E-state index is -0.714. The first-order valence-corrected chi connectivity index (χ1v) is 5.38. The normalized spacial score (nSPS) is 12.6. The average Bonchev–Trinajstić information content (AvgIpc) is 2.70. The Morgan fingerprint density at radius 2 is 2.24 bits per heavy atom. The van der Waals surface area contributed by atoms with Crippen molar-refractivity contribution in [2.75, 3.05) is 0 Å². The van der Waals surface area contributed by atoms with Crippen LogP contribution in [0.2, 0.25) is 0 Å². The van der Waals surface area contributed by atoms with Crippen LogP contribution in [0.25, 0.3) is 10.9 Å². The van der Waals surface area contributed by atoms with Gasteiger partial charge >= 0.3 is 0 Å². The summed E-state index contributed by atoms with van der Waals surface area (Å²) in [5, 5.41) is 10.5. The van der Waals surface area contributed by atoms with Gasteiger partial charge in [0.25, 0.3) is 5.69 Å². The van der Waals surface area contributed by atoms with E-state index < -0.39 is 10.3 Å². The van der Waals surface area contributed by atoms with E-state index in [-0.39, 0.29) is 17.0 Å². The molecule has 0 bridgehead atoms. The smallest absolute Gasteiger partial charge is 0.279 e. The third kappa shape index (κ3) is 1.89. The van der Waals surface area contributed by atoms with E-state index in [0.29, 0.717) is 10.9 Å². The minimum Gasteiger partial charge on any atom is -0.360 e. The average molecular weight is 253 g/mol. The Hall–Kier alpha value is -1.88. The molecule has 0 fully saturated rings. The number of H-pyrrole nitrogens is 1. The summed E-state index contributed by atoms with van der Waals surface area (Å²) in [4.78, 5) is 25.1. The molecule has 0 spiro atoms. The maximum atomic E-state index is 11.8. The van der Waals surface area contributed by atoms with Crippen molar-refractivity contribution in [2.24, 2.45) is 0 Å². The van der Waals surface area contributed by atoms with E-state index in [1.807, 2.05) is 0 Å². The molecule has 0 saturated carbocycles. The standard InChI is InChI=1S/C11H9ClN2O3/c1-6(12)11(15)7-5-13-8-3-2-4-9(10(7)8)14(16)17/h2-6,13H,1H3. The van der Waals surface area contributed by atoms with Crippen LogP contribution >= 0.6 is 11.6 Å². The molecule has 0 aliphatic heterocycles. The Labute approximate surface area is 102 Å². The maximum Gasteiger partial charge on any atom is 0.279 e. The van der Waals surface area contributed by atoms with Gasteiger partial charge in [0.05, 0.1) is 26.8 Å². The molecule has 0 amide bonds. The molecule has 1 aromatic carbocycles. The highest BCUT2D eigenvalue weighted by Gasteiger charge is 2.22. The van der Waals surface area contributed by atoms with E-state index in [2.05, 4.69) is 4.98 Å². The highest BCUT2D eigenvalue weighted by atomic mass is 35.5. The van der Waals surface area contributed by atoms with Crippen LogP contribution in [0, 0.1) is 10.1 Å². The number of benzene rings is 1. The SMILES string of the molecule is CC(Cl)C(=O)c1c[nH]c2cccc([N+](=O)[O-])c12. The molecule has 1 heterocycles. The molecule has 1 atom stereocenters. The van der Waals surface area contributed by atoms with Gasteiger partial charge in [0.15, 0.2) is 5.78 Å². The van der Waals surface area contributed by atoms with Gasteiger partial charge in [-0.2, -0.15) is 0 Å². The molecule has 0 radical (unpaired) electrons. The van der Waals surface area contributed by atoms with E-state index in [1.165, 1.54) is 19.2 Å². The van der Waals surface area contributed by atoms with E-state index in [4.69, 9.17) is 11.6 Å². The number of nitro benzene ring substituents is 1. The quantitative estimate of drug-likeness (QED) is 0.395. The van der Waals surface area contributed by atoms with Crippen molar-refractivity contribution >= 4 is 34.0 Å². The van der Waals surface area contributed by atoms with Gasteiger partial charge in [0, 0.05) is 12.3 Å². The van der Waals surface area contributed by atoms with Crippen molar-refractivity contribution in [1.82, 2.24) is 4.98 Å². The van der Waals surface area contributed by atoms with Gasteiger partial charge < -0.3 is 4.98 Å². The molecule has 17 heavy (non-hydrogen) atoms. The zero-order valence-corrected chi connectivity index (χ0v) is 9.69. The van der Waals surface area contributed by atoms with Crippen LogP contribution in [0.1, 0.15) is 17.3 Å². The zero-order valence-electron chi connectivity index (χ0n) is 8.94. The number of non-ortho nitro benzene ring substituents is 1. The second-order valence-corrected chi connectivity index (χ2v) is 4.29. The van der Waals surface area contributed by atoms with Crippen molar-refractivity contribution in [1.29, 1.82) is 0 Å². The molecule has 0 saturated heterocycles. The summed E-state index contributed by atoms with van der Waals surface area (Å²) in [7, 11) is 0. The molecule has 5 nitrogen and oxygen atoms in total. The van der Waals surface area contributed by atoms with Gasteiger partial charge in [-0.25, -0.2) is 0 Å². The molecule has 2 rings (SSSR count). The molecule has 1 N–H and O–H groups in total. The fraction of sp³-hybridized carbons (Fsp3) is 0.182. The Kier molecular flexibility index (Phi) is 2.85. The number of aromatic nitrogens is 1. The lowest BCUT2D eigenvalue weighted by Gasteiger charge is -2.01. The number of carbonyl (C=O) groups is 1. The molecular formula is C11H9ClN2O3. The lowest BCUT2D eigenvalue weighted by molar-refractivity contribution is -0.383. The van der Waals surface area contributed by atoms with Crippen LogP contribution in [-0.2, 0) is 0 Å². The second-order valence-electron chi connectivity index (χ2n) is 3.64. The summed E-state index contributed by atoms with van der Waals surface area (Å²) in [5.74, 6) is -0.327. The fourth-order valence-electron chi connectivity index (χ4n) is 1.73. The number of aromatic amines is 1. The van der Waals surface area contributed by atoms with Gasteiger partial charge in [0.1, 0.15) is 0 Å². The summed E-state index contributed by atoms with van der Waals surface area (Å²) in [5.41, 5.74) is 0.721. The third-order valence-electron chi connectivity index (χ3n) is 2.51. The number of nitro groups is 1. The predicted molar refractivity (Wildman–Crippen MR) is 64.6 cm³/mol. The summed E-state index contributed by atoms with van der Waals surface area (Å²) in [6.07, 6.45) is 1.46. The number of nitrogens with one attached hydrogen (secondary N) is 1. The van der Waals surface area contributed by atoms with E-state index >= 15 is 0 Å². The van der Waals surface area contributed by atoms with Crippen LogP contribution in [0.4, 0.5) is 5.69 Å². The number of fused-ring (bicyclic) bond motifs is 1. The number of hydrogen-bond donors (Lipinski definition) is 1. The van der Waals surface area contributed by atoms with Gasteiger partial charge in [-0.05, 0) is 13.0 Å². The lowest BCUT2D eigenvalue weighted by Crippen LogP contribution is -2.10. The molecular weight excluding hydrogens is 244 g/mol. The van der Waals surface area contributed by atoms with Gasteiger partial charge in [0.2, 0.25) is 0 Å². The van der Waals surface area contributed by atoms with E-state index in [9.17, 15) is 14.9 Å². The predicted octanol–water partition coefficient (Wildman–Crippen LogP) is 2.89. The summed E-state index contributed by atoms with van der Waals surface area (Å²) < 4.78 is 0. The molecule has 2 aromatic rings. The van der Waals surface area contributed by atoms with Gasteiger partial charge in [-0.1, -0.05) is 6.07 Å². The number of alkyl halides is 1. The molecule has 0 aliphatic rings. The zero-order chi connectivity index (χ0) is 12.6. The van der Waals surface area contributed by atoms with Crippen molar-refractivity contribution in [3.63, 3.8) is 0 Å². The minimum absolute atomic E-state index is 0.0931. The number of hydrogen-bond acceptors (Lipinski definition) is 3. The second kappa shape index (κ2) is 4.18. The number of Topliss-reactive ketones (excluding diaryl/α,β-unsaturated/α-hetero) is 1. The van der Waals surface area contributed by atoms with Crippen LogP contribution in [-0.4, -0.2) is 21.1 Å². The number of nitrogens with zero attached hydrogens (tertiary/aromatic N) is 1. The summed E-state index contributed by atoms with van der Waals surface area (Å²) in [6, 6.07) is 4.61. The number of rotatable bonds is 3. The number of carbonyl (C=O) groups excluding carboxylic acids is 1. The molecule has 1 aromatic heterocycles. The van der Waals surface area contributed by atoms with Crippen LogP contribution in [0.5, 0.6) is 0 Å². The number of ketones is 1. The number of halogens is 1. The van der Waals surface area contributed by atoms with Gasteiger partial charge in [-0.3, -0.25) is 14.9 Å². The summed E-state index contributed by atoms with van der Waals surface area (Å²) >= 11 is 5.72. The van der Waals surface area contributed by atoms with Crippen LogP contribution in [0.15, 0.2) is 24.4 Å². The molecule has 88 valence electrons.